The van der Waals surface area contributed by atoms with E-state index in [0.29, 0.717) is 50.4 Å². The number of nitrogens with zero attached hydrogens (tertiary/aromatic N) is 1. The number of aliphatic hydroxyl groups excluding tert-OH is 1. The van der Waals surface area contributed by atoms with E-state index in [-0.39, 0.29) is 30.2 Å². The van der Waals surface area contributed by atoms with Gasteiger partial charge in [-0.3, -0.25) is 9.59 Å². The van der Waals surface area contributed by atoms with Gasteiger partial charge in [0.25, 0.3) is 11.8 Å². The quantitative estimate of drug-likeness (QED) is 0.561. The zero-order valence-corrected chi connectivity index (χ0v) is 17.2. The summed E-state index contributed by atoms with van der Waals surface area (Å²) in [6.45, 7) is 2.88. The highest BCUT2D eigenvalue weighted by molar-refractivity contribution is 5.97. The molecule has 8 heteroatoms. The number of rotatable bonds is 5. The summed E-state index contributed by atoms with van der Waals surface area (Å²) in [4.78, 5) is 26.7. The van der Waals surface area contributed by atoms with Crippen molar-refractivity contribution in [3.63, 3.8) is 0 Å². The molecule has 164 valence electrons. The van der Waals surface area contributed by atoms with Crippen LogP contribution in [0.25, 0.3) is 0 Å². The molecule has 0 radical (unpaired) electrons. The molecule has 2 aliphatic heterocycles. The number of benzene rings is 2. The van der Waals surface area contributed by atoms with Crippen LogP contribution in [0.5, 0.6) is 5.75 Å². The van der Waals surface area contributed by atoms with E-state index in [4.69, 9.17) is 4.74 Å². The van der Waals surface area contributed by atoms with Gasteiger partial charge in [-0.05, 0) is 53.9 Å². The molecular formula is C23H27N3O5. The molecular weight excluding hydrogens is 398 g/mol. The minimum atomic E-state index is -0.756. The summed E-state index contributed by atoms with van der Waals surface area (Å²) in [5, 5.41) is 26.1. The van der Waals surface area contributed by atoms with Crippen LogP contribution in [0.2, 0.25) is 0 Å². The molecule has 0 saturated carbocycles. The molecule has 2 amide bonds. The lowest BCUT2D eigenvalue weighted by Gasteiger charge is -2.30. The Morgan fingerprint density at radius 1 is 1.10 bits per heavy atom. The van der Waals surface area contributed by atoms with Crippen LogP contribution in [0, 0.1) is 0 Å². The van der Waals surface area contributed by atoms with Crippen LogP contribution in [0.1, 0.15) is 31.8 Å². The van der Waals surface area contributed by atoms with Crippen molar-refractivity contribution in [3.8, 4) is 5.75 Å². The van der Waals surface area contributed by atoms with Gasteiger partial charge in [-0.1, -0.05) is 6.07 Å². The van der Waals surface area contributed by atoms with Crippen molar-refractivity contribution >= 4 is 11.8 Å². The molecule has 1 unspecified atom stereocenters. The van der Waals surface area contributed by atoms with Crippen molar-refractivity contribution in [1.82, 2.24) is 15.5 Å². The number of fused-ring (bicyclic) bond motifs is 1. The van der Waals surface area contributed by atoms with Crippen molar-refractivity contribution in [1.29, 1.82) is 0 Å². The summed E-state index contributed by atoms with van der Waals surface area (Å²) in [7, 11) is 0. The summed E-state index contributed by atoms with van der Waals surface area (Å²) in [6.07, 6.45) is -0.140. The molecule has 0 bridgehead atoms. The van der Waals surface area contributed by atoms with Crippen LogP contribution < -0.4 is 10.6 Å². The minimum absolute atomic E-state index is 0.0670. The second-order valence-electron chi connectivity index (χ2n) is 7.90. The van der Waals surface area contributed by atoms with Crippen LogP contribution in [-0.4, -0.2) is 71.9 Å². The normalized spacial score (nSPS) is 19.4. The van der Waals surface area contributed by atoms with Gasteiger partial charge in [0.1, 0.15) is 5.75 Å². The molecule has 0 spiro atoms. The molecule has 4 rings (SSSR count). The number of hydrogen-bond donors (Lipinski definition) is 4. The topological polar surface area (TPSA) is 111 Å². The monoisotopic (exact) mass is 425 g/mol. The van der Waals surface area contributed by atoms with Crippen LogP contribution in [-0.2, 0) is 17.7 Å². The van der Waals surface area contributed by atoms with E-state index < -0.39 is 6.10 Å². The third-order valence-electron chi connectivity index (χ3n) is 5.81. The minimum Gasteiger partial charge on any atom is -0.508 e. The third-order valence-corrected chi connectivity index (χ3v) is 5.81. The molecule has 8 nitrogen and oxygen atoms in total. The predicted octanol–water partition coefficient (Wildman–Crippen LogP) is 0.670. The SMILES string of the molecule is O=C(NCC(O)[C@@H]1Cc2ccc(O)cc2CN1)c1ccc(C(=O)N2CCOCC2)cc1. The van der Waals surface area contributed by atoms with Crippen molar-refractivity contribution < 1.29 is 24.5 Å². The van der Waals surface area contributed by atoms with Gasteiger partial charge in [-0.25, -0.2) is 0 Å². The average molecular weight is 425 g/mol. The van der Waals surface area contributed by atoms with E-state index in [0.717, 1.165) is 11.1 Å². The zero-order valence-electron chi connectivity index (χ0n) is 17.2. The Morgan fingerprint density at radius 3 is 2.55 bits per heavy atom. The van der Waals surface area contributed by atoms with Gasteiger partial charge in [0.15, 0.2) is 0 Å². The molecule has 1 fully saturated rings. The lowest BCUT2D eigenvalue weighted by Crippen LogP contribution is -2.49. The number of nitrogens with one attached hydrogen (secondary N) is 2. The van der Waals surface area contributed by atoms with E-state index in [1.165, 1.54) is 0 Å². The van der Waals surface area contributed by atoms with Crippen molar-refractivity contribution in [2.24, 2.45) is 0 Å². The molecule has 0 aromatic heterocycles. The zero-order chi connectivity index (χ0) is 21.8. The number of aromatic hydroxyl groups is 1. The number of carbonyl (C=O) groups excluding carboxylic acids is 2. The van der Waals surface area contributed by atoms with E-state index in [9.17, 15) is 19.8 Å². The second kappa shape index (κ2) is 9.47. The summed E-state index contributed by atoms with van der Waals surface area (Å²) in [6, 6.07) is 11.6. The average Bonchev–Trinajstić information content (AvgIpc) is 2.82. The van der Waals surface area contributed by atoms with Crippen molar-refractivity contribution in [3.05, 3.63) is 64.7 Å². The van der Waals surface area contributed by atoms with Gasteiger partial charge < -0.3 is 30.5 Å². The maximum absolute atomic E-state index is 12.5. The number of aliphatic hydroxyl groups is 1. The third kappa shape index (κ3) is 5.04. The van der Waals surface area contributed by atoms with Crippen molar-refractivity contribution in [2.45, 2.75) is 25.1 Å². The molecule has 2 aliphatic rings. The van der Waals surface area contributed by atoms with Gasteiger partial charge >= 0.3 is 0 Å². The molecule has 2 aromatic carbocycles. The summed E-state index contributed by atoms with van der Waals surface area (Å²) < 4.78 is 5.27. The maximum Gasteiger partial charge on any atom is 0.254 e. The van der Waals surface area contributed by atoms with Gasteiger partial charge in [-0.2, -0.15) is 0 Å². The Morgan fingerprint density at radius 2 is 1.81 bits per heavy atom. The first kappa shape index (κ1) is 21.3. The summed E-state index contributed by atoms with van der Waals surface area (Å²) >= 11 is 0. The molecule has 4 N–H and O–H groups in total. The summed E-state index contributed by atoms with van der Waals surface area (Å²) in [5.41, 5.74) is 3.06. The number of phenols is 1. The molecule has 31 heavy (non-hydrogen) atoms. The smallest absolute Gasteiger partial charge is 0.254 e. The van der Waals surface area contributed by atoms with Gasteiger partial charge in [0, 0.05) is 43.3 Å². The highest BCUT2D eigenvalue weighted by Gasteiger charge is 2.25. The lowest BCUT2D eigenvalue weighted by molar-refractivity contribution is 0.0303. The van der Waals surface area contributed by atoms with Crippen LogP contribution in [0.15, 0.2) is 42.5 Å². The van der Waals surface area contributed by atoms with E-state index in [1.807, 2.05) is 6.07 Å². The van der Waals surface area contributed by atoms with E-state index in [1.54, 1.807) is 41.3 Å². The Balaban J connectivity index is 1.29. The standard InChI is InChI=1S/C23H27N3O5/c27-19-6-5-17-12-20(24-13-18(17)11-19)21(28)14-25-22(29)15-1-3-16(4-2-15)23(30)26-7-9-31-10-8-26/h1-6,11,20-21,24,27-28H,7-10,12-14H2,(H,25,29)/t20-,21?/m0/s1. The fourth-order valence-corrected chi connectivity index (χ4v) is 3.95. The molecule has 2 aromatic rings. The first-order chi connectivity index (χ1) is 15.0. The molecule has 1 saturated heterocycles. The van der Waals surface area contributed by atoms with Gasteiger partial charge in [0.2, 0.25) is 0 Å². The number of carbonyl (C=O) groups is 2. The first-order valence-electron chi connectivity index (χ1n) is 10.5. The van der Waals surface area contributed by atoms with Gasteiger partial charge in [-0.15, -0.1) is 0 Å². The number of ether oxygens (including phenoxy) is 1. The summed E-state index contributed by atoms with van der Waals surface area (Å²) in [5.74, 6) is -0.141. The predicted molar refractivity (Wildman–Crippen MR) is 114 cm³/mol. The highest BCUT2D eigenvalue weighted by Crippen LogP contribution is 2.22. The molecule has 2 atom stereocenters. The Labute approximate surface area is 180 Å². The van der Waals surface area contributed by atoms with Crippen molar-refractivity contribution in [2.75, 3.05) is 32.8 Å². The van der Waals surface area contributed by atoms with E-state index in [2.05, 4.69) is 10.6 Å². The fraction of sp³-hybridized carbons (Fsp3) is 0.391. The number of morpholine rings is 1. The highest BCUT2D eigenvalue weighted by atomic mass is 16.5. The Kier molecular flexibility index (Phi) is 6.50. The van der Waals surface area contributed by atoms with Gasteiger partial charge in [0.05, 0.1) is 19.3 Å². The largest absolute Gasteiger partial charge is 0.508 e. The van der Waals surface area contributed by atoms with E-state index >= 15 is 0 Å². The number of amides is 2. The molecule has 2 heterocycles. The Bertz CT molecular complexity index is 941. The lowest BCUT2D eigenvalue weighted by atomic mass is 9.92. The second-order valence-corrected chi connectivity index (χ2v) is 7.90. The molecule has 0 aliphatic carbocycles. The van der Waals surface area contributed by atoms with Crippen LogP contribution in [0.4, 0.5) is 0 Å². The first-order valence-corrected chi connectivity index (χ1v) is 10.5. The Hall–Kier alpha value is -2.94. The van der Waals surface area contributed by atoms with Crippen LogP contribution >= 0.6 is 0 Å². The number of phenolic OH excluding ortho intramolecular Hbond substituents is 1. The maximum atomic E-state index is 12.5. The van der Waals surface area contributed by atoms with Crippen LogP contribution in [0.3, 0.4) is 0 Å². The fourth-order valence-electron chi connectivity index (χ4n) is 3.95. The number of hydrogen-bond acceptors (Lipinski definition) is 6.